The Morgan fingerprint density at radius 3 is 2.60 bits per heavy atom. The fourth-order valence-corrected chi connectivity index (χ4v) is 5.39. The van der Waals surface area contributed by atoms with Crippen molar-refractivity contribution < 1.29 is 4.79 Å². The number of rotatable bonds is 5. The van der Waals surface area contributed by atoms with Gasteiger partial charge in [-0.15, -0.1) is 11.3 Å². The molecule has 8 heteroatoms. The normalized spacial score (nSPS) is 14.5. The number of aryl methyl sites for hydroxylation is 2. The van der Waals surface area contributed by atoms with Crippen molar-refractivity contribution in [3.05, 3.63) is 60.6 Å². The van der Waals surface area contributed by atoms with Crippen LogP contribution >= 0.6 is 22.9 Å². The number of aromatic nitrogens is 2. The van der Waals surface area contributed by atoms with E-state index in [0.717, 1.165) is 47.1 Å². The zero-order valence-electron chi connectivity index (χ0n) is 17.0. The van der Waals surface area contributed by atoms with Gasteiger partial charge in [0.2, 0.25) is 5.91 Å². The van der Waals surface area contributed by atoms with Crippen LogP contribution in [-0.2, 0) is 24.2 Å². The number of hydrogen-bond donors (Lipinski definition) is 1. The van der Waals surface area contributed by atoms with Gasteiger partial charge in [-0.1, -0.05) is 18.5 Å². The molecule has 1 atom stereocenters. The summed E-state index contributed by atoms with van der Waals surface area (Å²) in [6.07, 6.45) is 4.62. The molecule has 1 amide bonds. The Balaban J connectivity index is 1.96. The number of nitrogens with zero attached hydrogens (tertiary/aromatic N) is 2. The van der Waals surface area contributed by atoms with Crippen LogP contribution in [0.5, 0.6) is 0 Å². The lowest BCUT2D eigenvalue weighted by atomic mass is 9.97. The summed E-state index contributed by atoms with van der Waals surface area (Å²) in [4.78, 5) is 41.2. The molecule has 0 saturated heterocycles. The second-order valence-corrected chi connectivity index (χ2v) is 9.27. The van der Waals surface area contributed by atoms with Crippen molar-refractivity contribution in [2.45, 2.75) is 58.5 Å². The van der Waals surface area contributed by atoms with Crippen LogP contribution in [0.25, 0.3) is 15.9 Å². The van der Waals surface area contributed by atoms with E-state index in [2.05, 4.69) is 5.32 Å². The highest BCUT2D eigenvalue weighted by Gasteiger charge is 2.25. The van der Waals surface area contributed by atoms with Gasteiger partial charge in [0.15, 0.2) is 0 Å². The fraction of sp³-hybridized carbons (Fsp3) is 0.409. The number of fused-ring (bicyclic) bond motifs is 3. The molecule has 2 aromatic heterocycles. The highest BCUT2D eigenvalue weighted by atomic mass is 35.5. The molecule has 6 nitrogen and oxygen atoms in total. The largest absolute Gasteiger partial charge is 0.352 e. The minimum atomic E-state index is -0.507. The lowest BCUT2D eigenvalue weighted by Gasteiger charge is -2.15. The Labute approximate surface area is 183 Å². The van der Waals surface area contributed by atoms with Gasteiger partial charge in [0, 0.05) is 15.9 Å². The molecule has 0 saturated carbocycles. The summed E-state index contributed by atoms with van der Waals surface area (Å²) in [5.41, 5.74) is 0.649. The molecule has 1 aromatic carbocycles. The minimum absolute atomic E-state index is 0.0161. The second kappa shape index (κ2) is 8.40. The summed E-state index contributed by atoms with van der Waals surface area (Å²) in [6, 6.07) is 6.62. The first-order valence-electron chi connectivity index (χ1n) is 10.3. The van der Waals surface area contributed by atoms with E-state index >= 15 is 0 Å². The zero-order chi connectivity index (χ0) is 21.4. The van der Waals surface area contributed by atoms with Crippen LogP contribution in [0.4, 0.5) is 0 Å². The first kappa shape index (κ1) is 20.9. The monoisotopic (exact) mass is 445 g/mol. The first-order chi connectivity index (χ1) is 14.4. The van der Waals surface area contributed by atoms with Gasteiger partial charge in [-0.05, 0) is 68.9 Å². The van der Waals surface area contributed by atoms with E-state index < -0.39 is 5.69 Å². The summed E-state index contributed by atoms with van der Waals surface area (Å²) in [5.74, 6) is -0.236. The van der Waals surface area contributed by atoms with Crippen LogP contribution in [0.1, 0.15) is 43.6 Å². The van der Waals surface area contributed by atoms with Gasteiger partial charge in [0.25, 0.3) is 5.56 Å². The third-order valence-corrected chi connectivity index (χ3v) is 7.21. The Bertz CT molecular complexity index is 1220. The highest BCUT2D eigenvalue weighted by molar-refractivity contribution is 7.18. The maximum Gasteiger partial charge on any atom is 0.337 e. The molecular weight excluding hydrogens is 422 g/mol. The molecule has 1 aliphatic carbocycles. The van der Waals surface area contributed by atoms with E-state index in [1.807, 2.05) is 13.8 Å². The molecule has 0 spiro atoms. The number of nitrogens with one attached hydrogen (secondary N) is 1. The standard InChI is InChI=1S/C22H24ClN3O3S/c1-3-13(2)24-18(27)12-25-21-19(16-6-4-5-7-17(16)30-21)20(28)26(22(25)29)15-10-8-14(23)9-11-15/h8-11,13H,3-7,12H2,1-2H3,(H,24,27)/t13-/m1/s1. The summed E-state index contributed by atoms with van der Waals surface area (Å²) >= 11 is 7.47. The van der Waals surface area contributed by atoms with E-state index in [4.69, 9.17) is 11.6 Å². The molecule has 4 rings (SSSR count). The number of amides is 1. The number of benzene rings is 1. The SMILES string of the molecule is CC[C@@H](C)NC(=O)Cn1c(=O)n(-c2ccc(Cl)cc2)c(=O)c2c3c(sc21)CCCC3. The third kappa shape index (κ3) is 3.72. The van der Waals surface area contributed by atoms with E-state index in [9.17, 15) is 14.4 Å². The molecule has 158 valence electrons. The van der Waals surface area contributed by atoms with Crippen LogP contribution in [0.3, 0.4) is 0 Å². The summed E-state index contributed by atoms with van der Waals surface area (Å²) < 4.78 is 2.61. The molecule has 2 heterocycles. The van der Waals surface area contributed by atoms with Gasteiger partial charge in [0.05, 0.1) is 11.1 Å². The number of carbonyl (C=O) groups is 1. The Morgan fingerprint density at radius 2 is 1.90 bits per heavy atom. The highest BCUT2D eigenvalue weighted by Crippen LogP contribution is 2.34. The molecule has 0 radical (unpaired) electrons. The van der Waals surface area contributed by atoms with E-state index in [1.165, 1.54) is 15.9 Å². The molecule has 0 bridgehead atoms. The molecule has 1 aliphatic rings. The van der Waals surface area contributed by atoms with E-state index in [1.54, 1.807) is 24.3 Å². The molecule has 0 aliphatic heterocycles. The van der Waals surface area contributed by atoms with Crippen LogP contribution in [0, 0.1) is 0 Å². The molecule has 0 unspecified atom stereocenters. The third-order valence-electron chi connectivity index (χ3n) is 5.64. The minimum Gasteiger partial charge on any atom is -0.352 e. The van der Waals surface area contributed by atoms with Gasteiger partial charge >= 0.3 is 5.69 Å². The van der Waals surface area contributed by atoms with Crippen LogP contribution in [0.2, 0.25) is 5.02 Å². The predicted molar refractivity (Wildman–Crippen MR) is 121 cm³/mol. The van der Waals surface area contributed by atoms with Crippen LogP contribution in [-0.4, -0.2) is 21.1 Å². The number of thiophene rings is 1. The molecule has 1 N–H and O–H groups in total. The Kier molecular flexibility index (Phi) is 5.84. The van der Waals surface area contributed by atoms with Gasteiger partial charge in [-0.3, -0.25) is 14.2 Å². The van der Waals surface area contributed by atoms with Crippen molar-refractivity contribution in [3.8, 4) is 5.69 Å². The topological polar surface area (TPSA) is 73.1 Å². The number of hydrogen-bond acceptors (Lipinski definition) is 4. The summed E-state index contributed by atoms with van der Waals surface area (Å²) in [6.45, 7) is 3.80. The Morgan fingerprint density at radius 1 is 1.20 bits per heavy atom. The maximum atomic E-state index is 13.5. The van der Waals surface area contributed by atoms with Crippen molar-refractivity contribution >= 4 is 39.1 Å². The lowest BCUT2D eigenvalue weighted by Crippen LogP contribution is -2.42. The maximum absolute atomic E-state index is 13.5. The molecule has 30 heavy (non-hydrogen) atoms. The lowest BCUT2D eigenvalue weighted by molar-refractivity contribution is -0.122. The van der Waals surface area contributed by atoms with Crippen molar-refractivity contribution in [2.75, 3.05) is 0 Å². The summed E-state index contributed by atoms with van der Waals surface area (Å²) in [5, 5.41) is 4.01. The molecule has 3 aromatic rings. The van der Waals surface area contributed by atoms with Gasteiger partial charge in [0.1, 0.15) is 11.4 Å². The quantitative estimate of drug-likeness (QED) is 0.651. The van der Waals surface area contributed by atoms with Gasteiger partial charge < -0.3 is 5.32 Å². The molecule has 0 fully saturated rings. The van der Waals surface area contributed by atoms with Crippen molar-refractivity contribution in [1.29, 1.82) is 0 Å². The van der Waals surface area contributed by atoms with Crippen molar-refractivity contribution in [1.82, 2.24) is 14.5 Å². The molecular formula is C22H24ClN3O3S. The van der Waals surface area contributed by atoms with Crippen molar-refractivity contribution in [3.63, 3.8) is 0 Å². The second-order valence-electron chi connectivity index (χ2n) is 7.75. The van der Waals surface area contributed by atoms with Crippen molar-refractivity contribution in [2.24, 2.45) is 0 Å². The number of carbonyl (C=O) groups excluding carboxylic acids is 1. The van der Waals surface area contributed by atoms with E-state index in [0.29, 0.717) is 20.9 Å². The predicted octanol–water partition coefficient (Wildman–Crippen LogP) is 3.66. The average Bonchev–Trinajstić information content (AvgIpc) is 3.12. The summed E-state index contributed by atoms with van der Waals surface area (Å²) in [7, 11) is 0. The van der Waals surface area contributed by atoms with Gasteiger partial charge in [-0.25, -0.2) is 9.36 Å². The first-order valence-corrected chi connectivity index (χ1v) is 11.5. The van der Waals surface area contributed by atoms with Gasteiger partial charge in [-0.2, -0.15) is 0 Å². The average molecular weight is 446 g/mol. The van der Waals surface area contributed by atoms with Crippen LogP contribution in [0.15, 0.2) is 33.9 Å². The van der Waals surface area contributed by atoms with Crippen LogP contribution < -0.4 is 16.6 Å². The fourth-order valence-electron chi connectivity index (χ4n) is 3.89. The smallest absolute Gasteiger partial charge is 0.337 e. The van der Waals surface area contributed by atoms with E-state index in [-0.39, 0.29) is 24.1 Å². The Hall–Kier alpha value is -2.38. The zero-order valence-corrected chi connectivity index (χ0v) is 18.6. The number of halogens is 1.